The van der Waals surface area contributed by atoms with Gasteiger partial charge in [-0.15, -0.1) is 0 Å². The fourth-order valence-electron chi connectivity index (χ4n) is 4.17. The quantitative estimate of drug-likeness (QED) is 0.696. The van der Waals surface area contributed by atoms with Gasteiger partial charge in [-0.25, -0.2) is 13.6 Å². The highest BCUT2D eigenvalue weighted by atomic mass is 19.1. The van der Waals surface area contributed by atoms with Gasteiger partial charge in [0.05, 0.1) is 11.4 Å². The SMILES string of the molecule is CC1(c2ccc(F)cc2)NC(=O)N(CC(=O)Nc2cc(F)ccc2N2CCCCC2)C1=O. The van der Waals surface area contributed by atoms with Crippen LogP contribution in [-0.2, 0) is 15.1 Å². The molecule has 9 heteroatoms. The summed E-state index contributed by atoms with van der Waals surface area (Å²) >= 11 is 0. The molecule has 7 nitrogen and oxygen atoms in total. The Morgan fingerprint density at radius 3 is 2.38 bits per heavy atom. The molecule has 1 atom stereocenters. The van der Waals surface area contributed by atoms with Gasteiger partial charge in [0, 0.05) is 13.1 Å². The number of imide groups is 1. The zero-order valence-corrected chi connectivity index (χ0v) is 17.7. The van der Waals surface area contributed by atoms with Gasteiger partial charge < -0.3 is 15.5 Å². The highest BCUT2D eigenvalue weighted by molar-refractivity contribution is 6.10. The van der Waals surface area contributed by atoms with Crippen LogP contribution in [0.3, 0.4) is 0 Å². The molecule has 0 aliphatic carbocycles. The van der Waals surface area contributed by atoms with Crippen LogP contribution >= 0.6 is 0 Å². The van der Waals surface area contributed by atoms with E-state index >= 15 is 0 Å². The van der Waals surface area contributed by atoms with Crippen LogP contribution in [-0.4, -0.2) is 42.4 Å². The van der Waals surface area contributed by atoms with Crippen LogP contribution in [0.15, 0.2) is 42.5 Å². The van der Waals surface area contributed by atoms with E-state index in [1.54, 1.807) is 6.07 Å². The van der Waals surface area contributed by atoms with Crippen molar-refractivity contribution in [1.82, 2.24) is 10.2 Å². The summed E-state index contributed by atoms with van der Waals surface area (Å²) in [5.74, 6) is -2.22. The lowest BCUT2D eigenvalue weighted by atomic mass is 9.92. The topological polar surface area (TPSA) is 81.8 Å². The van der Waals surface area contributed by atoms with Crippen LogP contribution in [0.2, 0.25) is 0 Å². The minimum Gasteiger partial charge on any atom is -0.370 e. The Morgan fingerprint density at radius 1 is 1.03 bits per heavy atom. The number of benzene rings is 2. The number of carbonyl (C=O) groups excluding carboxylic acids is 3. The van der Waals surface area contributed by atoms with Gasteiger partial charge in [0.25, 0.3) is 5.91 Å². The number of hydrogen-bond donors (Lipinski definition) is 2. The van der Waals surface area contributed by atoms with E-state index in [-0.39, 0.29) is 0 Å². The predicted molar refractivity (Wildman–Crippen MR) is 115 cm³/mol. The van der Waals surface area contributed by atoms with Gasteiger partial charge in [-0.3, -0.25) is 14.5 Å². The molecule has 168 valence electrons. The Bertz CT molecular complexity index is 1050. The highest BCUT2D eigenvalue weighted by Crippen LogP contribution is 2.31. The normalized spacial score (nSPS) is 21.0. The molecule has 2 aromatic carbocycles. The number of rotatable bonds is 5. The van der Waals surface area contributed by atoms with Crippen LogP contribution in [0.4, 0.5) is 25.0 Å². The van der Waals surface area contributed by atoms with E-state index in [2.05, 4.69) is 15.5 Å². The molecular formula is C23H24F2N4O3. The lowest BCUT2D eigenvalue weighted by molar-refractivity contribution is -0.133. The first kappa shape index (κ1) is 21.7. The summed E-state index contributed by atoms with van der Waals surface area (Å²) in [6.45, 7) is 2.58. The number of carbonyl (C=O) groups is 3. The van der Waals surface area contributed by atoms with E-state index in [9.17, 15) is 23.2 Å². The maximum absolute atomic E-state index is 13.9. The van der Waals surface area contributed by atoms with E-state index in [0.29, 0.717) is 16.9 Å². The van der Waals surface area contributed by atoms with Gasteiger partial charge in [-0.2, -0.15) is 0 Å². The Kier molecular flexibility index (Phi) is 5.82. The van der Waals surface area contributed by atoms with Crippen LogP contribution < -0.4 is 15.5 Å². The summed E-state index contributed by atoms with van der Waals surface area (Å²) in [6.07, 6.45) is 3.14. The zero-order chi connectivity index (χ0) is 22.9. The fourth-order valence-corrected chi connectivity index (χ4v) is 4.17. The third-order valence-electron chi connectivity index (χ3n) is 5.93. The van der Waals surface area contributed by atoms with Crippen molar-refractivity contribution in [3.05, 3.63) is 59.7 Å². The number of halogens is 2. The molecule has 2 heterocycles. The monoisotopic (exact) mass is 442 g/mol. The lowest BCUT2D eigenvalue weighted by Gasteiger charge is -2.30. The van der Waals surface area contributed by atoms with Gasteiger partial charge in [-0.1, -0.05) is 12.1 Å². The summed E-state index contributed by atoms with van der Waals surface area (Å²) < 4.78 is 27.1. The molecule has 0 aromatic heterocycles. The minimum atomic E-state index is -1.41. The molecule has 2 fully saturated rings. The third kappa shape index (κ3) is 4.15. The first-order valence-electron chi connectivity index (χ1n) is 10.5. The van der Waals surface area contributed by atoms with Crippen molar-refractivity contribution in [2.45, 2.75) is 31.7 Å². The second kappa shape index (κ2) is 8.57. The lowest BCUT2D eigenvalue weighted by Crippen LogP contribution is -2.42. The average molecular weight is 442 g/mol. The number of anilines is 2. The molecule has 2 aromatic rings. The average Bonchev–Trinajstić information content (AvgIpc) is 2.98. The van der Waals surface area contributed by atoms with Crippen LogP contribution in [0, 0.1) is 11.6 Å². The Morgan fingerprint density at radius 2 is 1.69 bits per heavy atom. The molecule has 2 N–H and O–H groups in total. The van der Waals surface area contributed by atoms with Crippen molar-refractivity contribution in [1.29, 1.82) is 0 Å². The number of nitrogens with zero attached hydrogens (tertiary/aromatic N) is 2. The van der Waals surface area contributed by atoms with Crippen molar-refractivity contribution in [3.8, 4) is 0 Å². The first-order valence-corrected chi connectivity index (χ1v) is 10.5. The molecule has 0 bridgehead atoms. The zero-order valence-electron chi connectivity index (χ0n) is 17.7. The molecule has 32 heavy (non-hydrogen) atoms. The van der Waals surface area contributed by atoms with E-state index in [0.717, 1.165) is 37.3 Å². The summed E-state index contributed by atoms with van der Waals surface area (Å²) in [7, 11) is 0. The third-order valence-corrected chi connectivity index (χ3v) is 5.93. The van der Waals surface area contributed by atoms with Crippen LogP contribution in [0.1, 0.15) is 31.7 Å². The first-order chi connectivity index (χ1) is 15.3. The summed E-state index contributed by atoms with van der Waals surface area (Å²) in [6, 6.07) is 8.68. The molecule has 4 amide bonds. The molecule has 2 aliphatic heterocycles. The smallest absolute Gasteiger partial charge is 0.325 e. The molecule has 0 saturated carbocycles. The molecule has 2 aliphatic rings. The standard InChI is InChI=1S/C23H24F2N4O3/c1-23(15-5-7-16(24)8-6-15)21(31)29(22(32)27-23)14-20(30)26-18-13-17(25)9-10-19(18)28-11-3-2-4-12-28/h5-10,13H,2-4,11-12,14H2,1H3,(H,26,30)(H,27,32). The Hall–Kier alpha value is -3.49. The molecular weight excluding hydrogens is 418 g/mol. The maximum Gasteiger partial charge on any atom is 0.325 e. The van der Waals surface area contributed by atoms with Crippen molar-refractivity contribution in [3.63, 3.8) is 0 Å². The van der Waals surface area contributed by atoms with Gasteiger partial charge >= 0.3 is 6.03 Å². The summed E-state index contributed by atoms with van der Waals surface area (Å²) in [5, 5.41) is 5.22. The van der Waals surface area contributed by atoms with Crippen molar-refractivity contribution in [2.75, 3.05) is 29.9 Å². The highest BCUT2D eigenvalue weighted by Gasteiger charge is 2.49. The van der Waals surface area contributed by atoms with E-state index in [1.807, 2.05) is 0 Å². The van der Waals surface area contributed by atoms with Crippen LogP contribution in [0.5, 0.6) is 0 Å². The van der Waals surface area contributed by atoms with E-state index in [1.165, 1.54) is 43.3 Å². The fraction of sp³-hybridized carbons (Fsp3) is 0.348. The van der Waals surface area contributed by atoms with Gasteiger partial charge in [0.2, 0.25) is 5.91 Å². The molecule has 0 spiro atoms. The summed E-state index contributed by atoms with van der Waals surface area (Å²) in [5.41, 5.74) is -0.0150. The predicted octanol–water partition coefficient (Wildman–Crippen LogP) is 3.36. The molecule has 0 radical (unpaired) electrons. The van der Waals surface area contributed by atoms with Gasteiger partial charge in [0.15, 0.2) is 0 Å². The van der Waals surface area contributed by atoms with E-state index < -0.39 is 41.6 Å². The summed E-state index contributed by atoms with van der Waals surface area (Å²) in [4.78, 5) is 41.1. The van der Waals surface area contributed by atoms with Crippen molar-refractivity contribution < 1.29 is 23.2 Å². The number of amides is 4. The number of hydrogen-bond acceptors (Lipinski definition) is 4. The second-order valence-corrected chi connectivity index (χ2v) is 8.21. The van der Waals surface area contributed by atoms with Gasteiger partial charge in [-0.05, 0) is 62.1 Å². The molecule has 4 rings (SSSR count). The Labute approximate surface area is 184 Å². The van der Waals surface area contributed by atoms with Crippen molar-refractivity contribution >= 4 is 29.2 Å². The second-order valence-electron chi connectivity index (χ2n) is 8.21. The van der Waals surface area contributed by atoms with Crippen molar-refractivity contribution in [2.24, 2.45) is 0 Å². The van der Waals surface area contributed by atoms with Gasteiger partial charge in [0.1, 0.15) is 23.7 Å². The molecule has 2 saturated heterocycles. The van der Waals surface area contributed by atoms with Crippen LogP contribution in [0.25, 0.3) is 0 Å². The number of urea groups is 1. The van der Waals surface area contributed by atoms with E-state index in [4.69, 9.17) is 0 Å². The number of piperidine rings is 1. The Balaban J connectivity index is 1.50. The largest absolute Gasteiger partial charge is 0.370 e. The minimum absolute atomic E-state index is 0.297. The maximum atomic E-state index is 13.9. The molecule has 1 unspecified atom stereocenters. The number of nitrogens with one attached hydrogen (secondary N) is 2.